The molecule has 0 aromatic carbocycles. The SMILES string of the molecule is COc1cc(C)nc(NC2(CN)CCCCC2C)n1. The van der Waals surface area contributed by atoms with Gasteiger partial charge >= 0.3 is 0 Å². The van der Waals surface area contributed by atoms with E-state index in [0.29, 0.717) is 24.3 Å². The molecule has 1 aromatic heterocycles. The van der Waals surface area contributed by atoms with Crippen LogP contribution in [0.15, 0.2) is 6.07 Å². The van der Waals surface area contributed by atoms with Crippen LogP contribution < -0.4 is 15.8 Å². The minimum atomic E-state index is -0.0863. The fourth-order valence-corrected chi connectivity index (χ4v) is 2.88. The van der Waals surface area contributed by atoms with Gasteiger partial charge in [0.15, 0.2) is 0 Å². The Morgan fingerprint density at radius 1 is 1.47 bits per heavy atom. The van der Waals surface area contributed by atoms with E-state index in [2.05, 4.69) is 22.2 Å². The van der Waals surface area contributed by atoms with Crippen LogP contribution in [-0.4, -0.2) is 29.2 Å². The molecule has 1 aliphatic rings. The van der Waals surface area contributed by atoms with Crippen molar-refractivity contribution in [3.05, 3.63) is 11.8 Å². The van der Waals surface area contributed by atoms with Gasteiger partial charge in [-0.1, -0.05) is 19.8 Å². The Bertz CT molecular complexity index is 437. The van der Waals surface area contributed by atoms with Crippen molar-refractivity contribution < 1.29 is 4.74 Å². The van der Waals surface area contributed by atoms with Gasteiger partial charge < -0.3 is 15.8 Å². The molecule has 3 N–H and O–H groups in total. The van der Waals surface area contributed by atoms with Crippen LogP contribution in [0.4, 0.5) is 5.95 Å². The quantitative estimate of drug-likeness (QED) is 0.871. The van der Waals surface area contributed by atoms with E-state index in [-0.39, 0.29) is 5.54 Å². The Morgan fingerprint density at radius 3 is 2.89 bits per heavy atom. The van der Waals surface area contributed by atoms with Gasteiger partial charge in [-0.25, -0.2) is 4.98 Å². The van der Waals surface area contributed by atoms with Crippen LogP contribution in [0, 0.1) is 12.8 Å². The molecule has 0 bridgehead atoms. The lowest BCUT2D eigenvalue weighted by molar-refractivity contribution is 0.234. The van der Waals surface area contributed by atoms with Gasteiger partial charge in [-0.05, 0) is 25.7 Å². The van der Waals surface area contributed by atoms with Crippen molar-refractivity contribution in [3.63, 3.8) is 0 Å². The molecule has 1 aromatic rings. The van der Waals surface area contributed by atoms with Crippen LogP contribution in [0.1, 0.15) is 38.3 Å². The highest BCUT2D eigenvalue weighted by Gasteiger charge is 2.37. The molecule has 5 heteroatoms. The Kier molecular flexibility index (Phi) is 4.24. The number of aryl methyl sites for hydroxylation is 1. The number of methoxy groups -OCH3 is 1. The Morgan fingerprint density at radius 2 is 2.26 bits per heavy atom. The number of nitrogens with zero attached hydrogens (tertiary/aromatic N) is 2. The normalized spacial score (nSPS) is 27.1. The molecule has 106 valence electrons. The summed E-state index contributed by atoms with van der Waals surface area (Å²) in [6.45, 7) is 4.80. The van der Waals surface area contributed by atoms with E-state index in [0.717, 1.165) is 12.1 Å². The standard InChI is InChI=1S/C14H24N4O/c1-10-6-4-5-7-14(10,9-15)18-13-16-11(2)8-12(17-13)19-3/h8,10H,4-7,9,15H2,1-3H3,(H,16,17,18). The van der Waals surface area contributed by atoms with Crippen molar-refractivity contribution in [2.45, 2.75) is 45.1 Å². The number of anilines is 1. The third-order valence-electron chi connectivity index (χ3n) is 4.22. The van der Waals surface area contributed by atoms with E-state index < -0.39 is 0 Å². The first-order chi connectivity index (χ1) is 9.09. The van der Waals surface area contributed by atoms with Gasteiger partial charge in [0.05, 0.1) is 12.6 Å². The first kappa shape index (κ1) is 14.1. The Balaban J connectivity index is 2.24. The number of hydrogen-bond donors (Lipinski definition) is 2. The van der Waals surface area contributed by atoms with Gasteiger partial charge in [0, 0.05) is 18.3 Å². The maximum absolute atomic E-state index is 6.04. The number of hydrogen-bond acceptors (Lipinski definition) is 5. The summed E-state index contributed by atoms with van der Waals surface area (Å²) in [6.07, 6.45) is 4.76. The van der Waals surface area contributed by atoms with E-state index in [1.807, 2.05) is 13.0 Å². The molecule has 1 heterocycles. The van der Waals surface area contributed by atoms with Crippen molar-refractivity contribution in [1.29, 1.82) is 0 Å². The van der Waals surface area contributed by atoms with Crippen molar-refractivity contribution >= 4 is 5.95 Å². The van der Waals surface area contributed by atoms with Crippen LogP contribution in [0.3, 0.4) is 0 Å². The highest BCUT2D eigenvalue weighted by atomic mass is 16.5. The van der Waals surface area contributed by atoms with Gasteiger partial charge in [0.2, 0.25) is 11.8 Å². The van der Waals surface area contributed by atoms with E-state index in [1.165, 1.54) is 19.3 Å². The molecule has 2 rings (SSSR count). The molecule has 1 fully saturated rings. The first-order valence-electron chi connectivity index (χ1n) is 6.97. The predicted molar refractivity (Wildman–Crippen MR) is 76.4 cm³/mol. The highest BCUT2D eigenvalue weighted by molar-refractivity contribution is 5.35. The Labute approximate surface area is 115 Å². The summed E-state index contributed by atoms with van der Waals surface area (Å²) in [5, 5.41) is 3.48. The molecule has 0 saturated heterocycles. The zero-order valence-corrected chi connectivity index (χ0v) is 12.1. The van der Waals surface area contributed by atoms with Crippen LogP contribution in [0.2, 0.25) is 0 Å². The van der Waals surface area contributed by atoms with Crippen LogP contribution >= 0.6 is 0 Å². The lowest BCUT2D eigenvalue weighted by Gasteiger charge is -2.42. The third kappa shape index (κ3) is 2.97. The monoisotopic (exact) mass is 264 g/mol. The second kappa shape index (κ2) is 5.74. The number of nitrogens with one attached hydrogen (secondary N) is 1. The minimum Gasteiger partial charge on any atom is -0.481 e. The van der Waals surface area contributed by atoms with Crippen molar-refractivity contribution in [1.82, 2.24) is 9.97 Å². The van der Waals surface area contributed by atoms with Gasteiger partial charge in [-0.2, -0.15) is 4.98 Å². The van der Waals surface area contributed by atoms with E-state index in [4.69, 9.17) is 10.5 Å². The van der Waals surface area contributed by atoms with Gasteiger partial charge in [0.1, 0.15) is 0 Å². The molecule has 1 aliphatic carbocycles. The third-order valence-corrected chi connectivity index (χ3v) is 4.22. The molecule has 2 unspecified atom stereocenters. The smallest absolute Gasteiger partial charge is 0.226 e. The van der Waals surface area contributed by atoms with Crippen molar-refractivity contribution in [2.24, 2.45) is 11.7 Å². The van der Waals surface area contributed by atoms with Gasteiger partial charge in [-0.3, -0.25) is 0 Å². The van der Waals surface area contributed by atoms with Gasteiger partial charge in [0.25, 0.3) is 0 Å². The van der Waals surface area contributed by atoms with Crippen molar-refractivity contribution in [3.8, 4) is 5.88 Å². The van der Waals surface area contributed by atoms with Gasteiger partial charge in [-0.15, -0.1) is 0 Å². The minimum absolute atomic E-state index is 0.0863. The molecule has 0 radical (unpaired) electrons. The summed E-state index contributed by atoms with van der Waals surface area (Å²) in [5.74, 6) is 1.74. The summed E-state index contributed by atoms with van der Waals surface area (Å²) in [4.78, 5) is 8.82. The van der Waals surface area contributed by atoms with Crippen molar-refractivity contribution in [2.75, 3.05) is 19.0 Å². The summed E-state index contributed by atoms with van der Waals surface area (Å²) >= 11 is 0. The van der Waals surface area contributed by atoms with E-state index >= 15 is 0 Å². The summed E-state index contributed by atoms with van der Waals surface area (Å²) in [5.41, 5.74) is 6.84. The average Bonchev–Trinajstić information content (AvgIpc) is 2.41. The summed E-state index contributed by atoms with van der Waals surface area (Å²) in [6, 6.07) is 1.82. The summed E-state index contributed by atoms with van der Waals surface area (Å²) in [7, 11) is 1.62. The zero-order valence-electron chi connectivity index (χ0n) is 12.1. The predicted octanol–water partition coefficient (Wildman–Crippen LogP) is 2.11. The van der Waals surface area contributed by atoms with Crippen LogP contribution in [0.5, 0.6) is 5.88 Å². The van der Waals surface area contributed by atoms with E-state index in [1.54, 1.807) is 7.11 Å². The molecule has 2 atom stereocenters. The number of ether oxygens (including phenoxy) is 1. The molecule has 0 spiro atoms. The van der Waals surface area contributed by atoms with E-state index in [9.17, 15) is 0 Å². The summed E-state index contributed by atoms with van der Waals surface area (Å²) < 4.78 is 5.20. The van der Waals surface area contributed by atoms with Crippen LogP contribution in [0.25, 0.3) is 0 Å². The topological polar surface area (TPSA) is 73.1 Å². The lowest BCUT2D eigenvalue weighted by atomic mass is 9.73. The second-order valence-electron chi connectivity index (χ2n) is 5.51. The molecule has 1 saturated carbocycles. The fraction of sp³-hybridized carbons (Fsp3) is 0.714. The molecule has 0 amide bonds. The molecular weight excluding hydrogens is 240 g/mol. The largest absolute Gasteiger partial charge is 0.481 e. The highest BCUT2D eigenvalue weighted by Crippen LogP contribution is 2.35. The second-order valence-corrected chi connectivity index (χ2v) is 5.51. The molecule has 5 nitrogen and oxygen atoms in total. The molecule has 19 heavy (non-hydrogen) atoms. The molecule has 0 aliphatic heterocycles. The Hall–Kier alpha value is -1.36. The molecular formula is C14H24N4O. The maximum Gasteiger partial charge on any atom is 0.226 e. The van der Waals surface area contributed by atoms with Crippen LogP contribution in [-0.2, 0) is 0 Å². The average molecular weight is 264 g/mol. The maximum atomic E-state index is 6.04. The zero-order chi connectivity index (χ0) is 13.9. The first-order valence-corrected chi connectivity index (χ1v) is 6.97. The number of aromatic nitrogens is 2. The lowest BCUT2D eigenvalue weighted by Crippen LogP contribution is -2.52. The number of rotatable bonds is 4. The number of nitrogens with two attached hydrogens (primary N) is 1. The fourth-order valence-electron chi connectivity index (χ4n) is 2.88.